The largest absolute Gasteiger partial charge is 0.378 e. The number of amides is 1. The van der Waals surface area contributed by atoms with Crippen molar-refractivity contribution in [3.8, 4) is 11.3 Å². The van der Waals surface area contributed by atoms with Crippen LogP contribution in [0.25, 0.3) is 11.3 Å². The van der Waals surface area contributed by atoms with Crippen molar-refractivity contribution in [1.29, 1.82) is 0 Å². The summed E-state index contributed by atoms with van der Waals surface area (Å²) in [6.07, 6.45) is 1.93. The highest BCUT2D eigenvalue weighted by atomic mass is 32.2. The van der Waals surface area contributed by atoms with E-state index in [1.54, 1.807) is 17.0 Å². The van der Waals surface area contributed by atoms with E-state index in [1.165, 1.54) is 0 Å². The first-order valence-electron chi connectivity index (χ1n) is 11.2. The first-order valence-corrected chi connectivity index (χ1v) is 12.9. The Kier molecular flexibility index (Phi) is 5.79. The van der Waals surface area contributed by atoms with Gasteiger partial charge in [-0.1, -0.05) is 18.2 Å². The Hall–Kier alpha value is -2.27. The van der Waals surface area contributed by atoms with E-state index >= 15 is 0 Å². The molecule has 1 aromatic heterocycles. The number of sulfone groups is 1. The number of piperidine rings is 1. The van der Waals surface area contributed by atoms with E-state index in [-0.39, 0.29) is 23.4 Å². The molecule has 2 aromatic rings. The number of nitrogens with two attached hydrogens (primary N) is 1. The summed E-state index contributed by atoms with van der Waals surface area (Å²) in [7, 11) is -3.55. The predicted molar refractivity (Wildman–Crippen MR) is 119 cm³/mol. The van der Waals surface area contributed by atoms with Gasteiger partial charge < -0.3 is 15.4 Å². The van der Waals surface area contributed by atoms with Gasteiger partial charge in [0.15, 0.2) is 15.5 Å². The zero-order valence-corrected chi connectivity index (χ0v) is 18.9. The van der Waals surface area contributed by atoms with Gasteiger partial charge in [-0.3, -0.25) is 14.4 Å². The zero-order chi connectivity index (χ0) is 22.3. The topological polar surface area (TPSA) is 111 Å². The fraction of sp³-hybridized carbons (Fsp3) is 0.545. The lowest BCUT2D eigenvalue weighted by atomic mass is 10.0. The van der Waals surface area contributed by atoms with Crippen molar-refractivity contribution in [2.45, 2.75) is 29.5 Å². The second-order valence-electron chi connectivity index (χ2n) is 8.67. The fourth-order valence-corrected chi connectivity index (χ4v) is 6.66. The van der Waals surface area contributed by atoms with Crippen LogP contribution in [0.4, 0.5) is 0 Å². The molecular formula is C22H29N5O4S. The van der Waals surface area contributed by atoms with Gasteiger partial charge in [0.2, 0.25) is 0 Å². The van der Waals surface area contributed by atoms with E-state index in [0.717, 1.165) is 38.2 Å². The quantitative estimate of drug-likeness (QED) is 0.723. The van der Waals surface area contributed by atoms with Crippen LogP contribution in [-0.4, -0.2) is 86.4 Å². The van der Waals surface area contributed by atoms with Crippen molar-refractivity contribution >= 4 is 15.7 Å². The first-order chi connectivity index (χ1) is 15.5. The number of likely N-dealkylation sites (tertiary alicyclic amines) is 1. The van der Waals surface area contributed by atoms with E-state index in [0.29, 0.717) is 48.9 Å². The number of benzene rings is 1. The van der Waals surface area contributed by atoms with E-state index in [1.807, 2.05) is 16.8 Å². The molecule has 1 atom stereocenters. The van der Waals surface area contributed by atoms with E-state index in [9.17, 15) is 13.2 Å². The van der Waals surface area contributed by atoms with E-state index in [4.69, 9.17) is 15.6 Å². The number of carbonyl (C=O) groups is 1. The Labute approximate surface area is 188 Å². The van der Waals surface area contributed by atoms with Crippen LogP contribution in [0.5, 0.6) is 0 Å². The number of rotatable bonds is 4. The van der Waals surface area contributed by atoms with Gasteiger partial charge in [-0.25, -0.2) is 8.42 Å². The molecule has 0 bridgehead atoms. The minimum atomic E-state index is -3.55. The van der Waals surface area contributed by atoms with Crippen LogP contribution in [0.15, 0.2) is 29.2 Å². The zero-order valence-electron chi connectivity index (χ0n) is 18.1. The third-order valence-electron chi connectivity index (χ3n) is 6.59. The van der Waals surface area contributed by atoms with Gasteiger partial charge in [0, 0.05) is 43.9 Å². The molecule has 3 aliphatic heterocycles. The molecular weight excluding hydrogens is 430 g/mol. The number of morpholine rings is 1. The Bertz CT molecular complexity index is 1120. The van der Waals surface area contributed by atoms with Crippen molar-refractivity contribution in [3.63, 3.8) is 0 Å². The van der Waals surface area contributed by atoms with Gasteiger partial charge in [0.05, 0.1) is 35.6 Å². The summed E-state index contributed by atoms with van der Waals surface area (Å²) in [6, 6.07) is 7.11. The Balaban J connectivity index is 1.64. The molecule has 1 aromatic carbocycles. The smallest absolute Gasteiger partial charge is 0.274 e. The van der Waals surface area contributed by atoms with Crippen molar-refractivity contribution < 1.29 is 17.9 Å². The summed E-state index contributed by atoms with van der Waals surface area (Å²) in [4.78, 5) is 17.8. The minimum absolute atomic E-state index is 0.0594. The van der Waals surface area contributed by atoms with Gasteiger partial charge in [-0.05, 0) is 25.5 Å². The highest BCUT2D eigenvalue weighted by molar-refractivity contribution is 7.90. The number of hydrogen-bond donors (Lipinski definition) is 1. The molecule has 3 aliphatic rings. The fourth-order valence-electron chi connectivity index (χ4n) is 5.06. The van der Waals surface area contributed by atoms with Gasteiger partial charge in [0.25, 0.3) is 5.91 Å². The average molecular weight is 460 g/mol. The molecule has 0 aliphatic carbocycles. The van der Waals surface area contributed by atoms with Crippen molar-refractivity contribution in [2.75, 3.05) is 52.5 Å². The summed E-state index contributed by atoms with van der Waals surface area (Å²) in [5.74, 6) is -0.420. The lowest BCUT2D eigenvalue weighted by molar-refractivity contribution is 0.0297. The summed E-state index contributed by atoms with van der Waals surface area (Å²) >= 11 is 0. The second kappa shape index (κ2) is 8.58. The summed E-state index contributed by atoms with van der Waals surface area (Å²) in [6.45, 7) is 5.09. The van der Waals surface area contributed by atoms with Crippen molar-refractivity contribution in [2.24, 2.45) is 5.73 Å². The summed E-state index contributed by atoms with van der Waals surface area (Å²) in [5, 5.41) is 4.81. The highest BCUT2D eigenvalue weighted by Crippen LogP contribution is 2.41. The Morgan fingerprint density at radius 1 is 1.19 bits per heavy atom. The predicted octanol–water partition coefficient (Wildman–Crippen LogP) is 0.905. The molecule has 2 fully saturated rings. The summed E-state index contributed by atoms with van der Waals surface area (Å²) in [5.41, 5.74) is 7.97. The second-order valence-corrected chi connectivity index (χ2v) is 10.6. The van der Waals surface area contributed by atoms with Crippen molar-refractivity contribution in [3.05, 3.63) is 35.5 Å². The van der Waals surface area contributed by atoms with Crippen LogP contribution in [0.3, 0.4) is 0 Å². The van der Waals surface area contributed by atoms with E-state index in [2.05, 4.69) is 4.90 Å². The first kappa shape index (κ1) is 21.6. The normalized spacial score (nSPS) is 22.9. The molecule has 0 radical (unpaired) electrons. The van der Waals surface area contributed by atoms with Crippen LogP contribution < -0.4 is 5.73 Å². The molecule has 0 spiro atoms. The van der Waals surface area contributed by atoms with Gasteiger partial charge in [0.1, 0.15) is 0 Å². The Morgan fingerprint density at radius 2 is 1.97 bits per heavy atom. The van der Waals surface area contributed by atoms with Crippen LogP contribution in [0.1, 0.15) is 34.9 Å². The van der Waals surface area contributed by atoms with Crippen LogP contribution in [-0.2, 0) is 20.3 Å². The summed E-state index contributed by atoms with van der Waals surface area (Å²) < 4.78 is 33.5. The maximum atomic E-state index is 13.4. The SMILES string of the molecule is NCCN1CCC[C@H](n2nc(C(=O)N3CCOCC3)c3c2-c2ccccc2S(=O)(=O)C3)C1. The minimum Gasteiger partial charge on any atom is -0.378 e. The molecule has 32 heavy (non-hydrogen) atoms. The lowest BCUT2D eigenvalue weighted by Crippen LogP contribution is -2.41. The highest BCUT2D eigenvalue weighted by Gasteiger charge is 2.38. The number of ether oxygens (including phenoxy) is 1. The third-order valence-corrected chi connectivity index (χ3v) is 8.29. The number of carbonyl (C=O) groups excluding carboxylic acids is 1. The van der Waals surface area contributed by atoms with Crippen LogP contribution in [0.2, 0.25) is 0 Å². The molecule has 1 amide bonds. The Morgan fingerprint density at radius 3 is 2.75 bits per heavy atom. The number of hydrogen-bond acceptors (Lipinski definition) is 7. The van der Waals surface area contributed by atoms with Crippen LogP contribution >= 0.6 is 0 Å². The van der Waals surface area contributed by atoms with E-state index < -0.39 is 9.84 Å². The molecule has 5 rings (SSSR count). The molecule has 2 N–H and O–H groups in total. The van der Waals surface area contributed by atoms with Gasteiger partial charge in [-0.15, -0.1) is 0 Å². The van der Waals surface area contributed by atoms with Crippen LogP contribution in [0, 0.1) is 0 Å². The molecule has 0 saturated carbocycles. The number of fused-ring (bicyclic) bond motifs is 3. The molecule has 9 nitrogen and oxygen atoms in total. The monoisotopic (exact) mass is 459 g/mol. The molecule has 172 valence electrons. The molecule has 2 saturated heterocycles. The maximum Gasteiger partial charge on any atom is 0.274 e. The van der Waals surface area contributed by atoms with Gasteiger partial charge in [-0.2, -0.15) is 5.10 Å². The number of aromatic nitrogens is 2. The molecule has 0 unspecified atom stereocenters. The molecule has 4 heterocycles. The third kappa shape index (κ3) is 3.75. The standard InChI is InChI=1S/C22H29N5O4S/c23-7-9-25-8-3-4-16(14-25)27-21-17-5-1-2-6-19(17)32(29,30)15-18(21)20(24-27)22(28)26-10-12-31-13-11-26/h1-2,5-6,16H,3-4,7-15,23H2/t16-/m0/s1. The lowest BCUT2D eigenvalue weighted by Gasteiger charge is -2.33. The number of nitrogens with zero attached hydrogens (tertiary/aromatic N) is 4. The van der Waals surface area contributed by atoms with Gasteiger partial charge >= 0.3 is 0 Å². The maximum absolute atomic E-state index is 13.4. The van der Waals surface area contributed by atoms with Crippen molar-refractivity contribution in [1.82, 2.24) is 19.6 Å². The molecule has 10 heteroatoms. The average Bonchev–Trinajstić information content (AvgIpc) is 3.18.